The maximum absolute atomic E-state index is 6.05. The van der Waals surface area contributed by atoms with Gasteiger partial charge in [0.15, 0.2) is 0 Å². The molecule has 18 heavy (non-hydrogen) atoms. The monoisotopic (exact) mass is 260 g/mol. The fourth-order valence-corrected chi connectivity index (χ4v) is 2.13. The number of halogens is 1. The van der Waals surface area contributed by atoms with Crippen LogP contribution in [0.4, 0.5) is 0 Å². The molecule has 0 saturated heterocycles. The second-order valence-electron chi connectivity index (χ2n) is 4.62. The molecule has 0 unspecified atom stereocenters. The molecule has 0 amide bonds. The Bertz CT molecular complexity index is 529. The first-order chi connectivity index (χ1) is 8.61. The van der Waals surface area contributed by atoms with Crippen LogP contribution in [0.3, 0.4) is 0 Å². The van der Waals surface area contributed by atoms with Crippen molar-refractivity contribution in [3.8, 4) is 16.9 Å². The highest BCUT2D eigenvalue weighted by Gasteiger charge is 2.07. The minimum absolute atomic E-state index is 0.542. The highest BCUT2D eigenvalue weighted by Crippen LogP contribution is 2.33. The Labute approximate surface area is 113 Å². The highest BCUT2D eigenvalue weighted by molar-refractivity contribution is 6.31. The topological polar surface area (TPSA) is 9.23 Å². The van der Waals surface area contributed by atoms with Gasteiger partial charge in [0.25, 0.3) is 0 Å². The second-order valence-corrected chi connectivity index (χ2v) is 5.06. The van der Waals surface area contributed by atoms with Crippen LogP contribution in [0.1, 0.15) is 25.3 Å². The summed E-state index contributed by atoms with van der Waals surface area (Å²) in [7, 11) is 1.68. The number of ether oxygens (including phenoxy) is 1. The quantitative estimate of drug-likeness (QED) is 0.743. The minimum Gasteiger partial charge on any atom is -0.496 e. The molecular weight excluding hydrogens is 244 g/mol. The van der Waals surface area contributed by atoms with Crippen molar-refractivity contribution in [3.05, 3.63) is 53.1 Å². The van der Waals surface area contributed by atoms with Gasteiger partial charge in [0.1, 0.15) is 5.75 Å². The fourth-order valence-electron chi connectivity index (χ4n) is 1.95. The Kier molecular flexibility index (Phi) is 3.93. The Morgan fingerprint density at radius 3 is 2.22 bits per heavy atom. The van der Waals surface area contributed by atoms with Gasteiger partial charge in [0.2, 0.25) is 0 Å². The van der Waals surface area contributed by atoms with Gasteiger partial charge in [-0.15, -0.1) is 0 Å². The summed E-state index contributed by atoms with van der Waals surface area (Å²) in [5.74, 6) is 1.39. The first-order valence-electron chi connectivity index (χ1n) is 6.05. The maximum atomic E-state index is 6.05. The van der Waals surface area contributed by atoms with Crippen LogP contribution >= 0.6 is 11.6 Å². The van der Waals surface area contributed by atoms with Gasteiger partial charge in [0, 0.05) is 10.6 Å². The van der Waals surface area contributed by atoms with Crippen LogP contribution in [0.25, 0.3) is 11.1 Å². The summed E-state index contributed by atoms with van der Waals surface area (Å²) in [4.78, 5) is 0. The molecule has 1 nitrogen and oxygen atoms in total. The average Bonchev–Trinajstić information content (AvgIpc) is 2.39. The van der Waals surface area contributed by atoms with E-state index in [2.05, 4.69) is 38.1 Å². The van der Waals surface area contributed by atoms with Gasteiger partial charge >= 0.3 is 0 Å². The average molecular weight is 261 g/mol. The van der Waals surface area contributed by atoms with Crippen molar-refractivity contribution >= 4 is 11.6 Å². The molecule has 0 atom stereocenters. The van der Waals surface area contributed by atoms with Crippen LogP contribution in [0.2, 0.25) is 5.02 Å². The molecule has 2 aromatic rings. The van der Waals surface area contributed by atoms with E-state index in [1.54, 1.807) is 7.11 Å². The van der Waals surface area contributed by atoms with E-state index in [0.29, 0.717) is 5.92 Å². The summed E-state index contributed by atoms with van der Waals surface area (Å²) in [5, 5.41) is 0.721. The van der Waals surface area contributed by atoms with E-state index in [4.69, 9.17) is 16.3 Å². The number of rotatable bonds is 3. The third kappa shape index (κ3) is 2.68. The summed E-state index contributed by atoms with van der Waals surface area (Å²) in [6, 6.07) is 14.2. The number of hydrogen-bond acceptors (Lipinski definition) is 1. The molecule has 2 rings (SSSR count). The van der Waals surface area contributed by atoms with Crippen molar-refractivity contribution in [1.29, 1.82) is 0 Å². The van der Waals surface area contributed by atoms with Crippen LogP contribution < -0.4 is 4.74 Å². The molecular formula is C16H17ClO. The molecule has 2 heteroatoms. The lowest BCUT2D eigenvalue weighted by Gasteiger charge is -2.11. The zero-order chi connectivity index (χ0) is 13.1. The SMILES string of the molecule is COc1ccc(Cl)cc1-c1ccc(C(C)C)cc1. The molecule has 0 bridgehead atoms. The standard InChI is InChI=1S/C16H17ClO/c1-11(2)12-4-6-13(7-5-12)15-10-14(17)8-9-16(15)18-3/h4-11H,1-3H3. The van der Waals surface area contributed by atoms with Gasteiger partial charge in [-0.2, -0.15) is 0 Å². The largest absolute Gasteiger partial charge is 0.496 e. The van der Waals surface area contributed by atoms with Crippen LogP contribution in [0.15, 0.2) is 42.5 Å². The third-order valence-electron chi connectivity index (χ3n) is 3.05. The Morgan fingerprint density at radius 1 is 1.00 bits per heavy atom. The molecule has 0 aliphatic carbocycles. The normalized spacial score (nSPS) is 10.7. The molecule has 0 spiro atoms. The van der Waals surface area contributed by atoms with Gasteiger partial charge in [-0.25, -0.2) is 0 Å². The molecule has 2 aromatic carbocycles. The lowest BCUT2D eigenvalue weighted by Crippen LogP contribution is -1.90. The molecule has 0 N–H and O–H groups in total. The first kappa shape index (κ1) is 13.0. The molecule has 94 valence electrons. The van der Waals surface area contributed by atoms with E-state index >= 15 is 0 Å². The predicted octanol–water partition coefficient (Wildman–Crippen LogP) is 5.14. The van der Waals surface area contributed by atoms with E-state index in [9.17, 15) is 0 Å². The smallest absolute Gasteiger partial charge is 0.126 e. The summed E-state index contributed by atoms with van der Waals surface area (Å²) in [6.45, 7) is 4.38. The van der Waals surface area contributed by atoms with Gasteiger partial charge in [-0.05, 0) is 35.2 Å². The Balaban J connectivity index is 2.44. The minimum atomic E-state index is 0.542. The zero-order valence-electron chi connectivity index (χ0n) is 10.9. The van der Waals surface area contributed by atoms with Crippen molar-refractivity contribution in [1.82, 2.24) is 0 Å². The zero-order valence-corrected chi connectivity index (χ0v) is 11.7. The maximum Gasteiger partial charge on any atom is 0.126 e. The van der Waals surface area contributed by atoms with Crippen molar-refractivity contribution in [2.75, 3.05) is 7.11 Å². The van der Waals surface area contributed by atoms with Crippen LogP contribution in [0, 0.1) is 0 Å². The van der Waals surface area contributed by atoms with Crippen LogP contribution in [-0.4, -0.2) is 7.11 Å². The van der Waals surface area contributed by atoms with E-state index in [1.807, 2.05) is 18.2 Å². The van der Waals surface area contributed by atoms with Crippen molar-refractivity contribution < 1.29 is 4.74 Å². The fraction of sp³-hybridized carbons (Fsp3) is 0.250. The molecule has 0 aliphatic heterocycles. The van der Waals surface area contributed by atoms with Gasteiger partial charge in [0.05, 0.1) is 7.11 Å². The summed E-state index contributed by atoms with van der Waals surface area (Å²) in [5.41, 5.74) is 3.49. The lowest BCUT2D eigenvalue weighted by molar-refractivity contribution is 0.416. The number of methoxy groups -OCH3 is 1. The van der Waals surface area contributed by atoms with Crippen LogP contribution in [-0.2, 0) is 0 Å². The van der Waals surface area contributed by atoms with Gasteiger partial charge in [-0.3, -0.25) is 0 Å². The molecule has 0 radical (unpaired) electrons. The molecule has 0 fully saturated rings. The Hall–Kier alpha value is -1.47. The van der Waals surface area contributed by atoms with Gasteiger partial charge < -0.3 is 4.74 Å². The molecule has 0 aliphatic rings. The van der Waals surface area contributed by atoms with Crippen LogP contribution in [0.5, 0.6) is 5.75 Å². The van der Waals surface area contributed by atoms with E-state index < -0.39 is 0 Å². The van der Waals surface area contributed by atoms with Crippen molar-refractivity contribution in [2.45, 2.75) is 19.8 Å². The van der Waals surface area contributed by atoms with E-state index in [0.717, 1.165) is 21.9 Å². The number of benzene rings is 2. The third-order valence-corrected chi connectivity index (χ3v) is 3.28. The number of hydrogen-bond donors (Lipinski definition) is 0. The molecule has 0 aromatic heterocycles. The van der Waals surface area contributed by atoms with Crippen molar-refractivity contribution in [2.24, 2.45) is 0 Å². The summed E-state index contributed by atoms with van der Waals surface area (Å²) < 4.78 is 5.37. The van der Waals surface area contributed by atoms with Gasteiger partial charge in [-0.1, -0.05) is 49.7 Å². The Morgan fingerprint density at radius 2 is 1.67 bits per heavy atom. The molecule has 0 heterocycles. The highest BCUT2D eigenvalue weighted by atomic mass is 35.5. The van der Waals surface area contributed by atoms with E-state index in [1.165, 1.54) is 5.56 Å². The first-order valence-corrected chi connectivity index (χ1v) is 6.43. The molecule has 0 saturated carbocycles. The summed E-state index contributed by atoms with van der Waals surface area (Å²) in [6.07, 6.45) is 0. The lowest BCUT2D eigenvalue weighted by atomic mass is 9.98. The second kappa shape index (κ2) is 5.45. The predicted molar refractivity (Wildman–Crippen MR) is 77.5 cm³/mol. The summed E-state index contributed by atoms with van der Waals surface area (Å²) >= 11 is 6.05. The van der Waals surface area contributed by atoms with E-state index in [-0.39, 0.29) is 0 Å². The van der Waals surface area contributed by atoms with Crippen molar-refractivity contribution in [3.63, 3.8) is 0 Å².